The monoisotopic (exact) mass is 259 g/mol. The van der Waals surface area contributed by atoms with Crippen molar-refractivity contribution in [1.29, 1.82) is 0 Å². The predicted molar refractivity (Wildman–Crippen MR) is 68.9 cm³/mol. The normalized spacial score (nSPS) is 13.1. The van der Waals surface area contributed by atoms with Crippen molar-refractivity contribution in [2.24, 2.45) is 5.92 Å². The van der Waals surface area contributed by atoms with Gasteiger partial charge in [-0.3, -0.25) is 14.4 Å². The maximum Gasteiger partial charge on any atom is 0.306 e. The van der Waals surface area contributed by atoms with Crippen molar-refractivity contribution in [1.82, 2.24) is 5.48 Å². The molecule has 0 aliphatic rings. The summed E-state index contributed by atoms with van der Waals surface area (Å²) in [5, 5.41) is 8.69. The molecular weight excluding hydrogens is 234 g/mol. The molecule has 106 valence electrons. The molecule has 1 unspecified atom stereocenters. The summed E-state index contributed by atoms with van der Waals surface area (Å²) >= 11 is 0. The number of aliphatic carboxylic acids is 1. The minimum atomic E-state index is -0.758. The van der Waals surface area contributed by atoms with Crippen LogP contribution in [0.1, 0.15) is 59.8 Å². The highest BCUT2D eigenvalue weighted by Crippen LogP contribution is 2.11. The van der Waals surface area contributed by atoms with Crippen molar-refractivity contribution < 1.29 is 19.5 Å². The van der Waals surface area contributed by atoms with Gasteiger partial charge in [0.1, 0.15) is 0 Å². The average Bonchev–Trinajstić information content (AvgIpc) is 2.24. The van der Waals surface area contributed by atoms with Crippen molar-refractivity contribution in [2.75, 3.05) is 0 Å². The highest BCUT2D eigenvalue weighted by Gasteiger charge is 2.13. The van der Waals surface area contributed by atoms with Crippen molar-refractivity contribution in [3.05, 3.63) is 0 Å². The quantitative estimate of drug-likeness (QED) is 0.518. The lowest BCUT2D eigenvalue weighted by Crippen LogP contribution is -2.33. The molecule has 0 rings (SSSR count). The van der Waals surface area contributed by atoms with Crippen molar-refractivity contribution >= 4 is 11.9 Å². The Labute approximate surface area is 109 Å². The van der Waals surface area contributed by atoms with Crippen LogP contribution >= 0.6 is 0 Å². The van der Waals surface area contributed by atoms with E-state index in [0.29, 0.717) is 12.8 Å². The number of unbranched alkanes of at least 4 members (excludes halogenated alkanes) is 2. The lowest BCUT2D eigenvalue weighted by atomic mass is 10.0. The Morgan fingerprint density at radius 3 is 2.33 bits per heavy atom. The van der Waals surface area contributed by atoms with E-state index in [1.807, 2.05) is 20.8 Å². The minimum Gasteiger partial charge on any atom is -0.481 e. The molecule has 5 nitrogen and oxygen atoms in total. The zero-order chi connectivity index (χ0) is 14.2. The largest absolute Gasteiger partial charge is 0.481 e. The Morgan fingerprint density at radius 1 is 1.22 bits per heavy atom. The third kappa shape index (κ3) is 10.1. The zero-order valence-electron chi connectivity index (χ0n) is 11.8. The number of rotatable bonds is 8. The van der Waals surface area contributed by atoms with Crippen molar-refractivity contribution in [3.63, 3.8) is 0 Å². The number of carboxylic acid groups (broad SMARTS) is 1. The van der Waals surface area contributed by atoms with Crippen LogP contribution in [0.15, 0.2) is 0 Å². The maximum absolute atomic E-state index is 11.4. The Hall–Kier alpha value is -1.10. The van der Waals surface area contributed by atoms with Crippen LogP contribution < -0.4 is 5.48 Å². The molecule has 18 heavy (non-hydrogen) atoms. The van der Waals surface area contributed by atoms with Gasteiger partial charge in [0, 0.05) is 6.42 Å². The standard InChI is InChI=1S/C13H25NO4/c1-10(12(16)17)8-6-5-7-9-11(15)14-18-13(2,3)4/h10H,5-9H2,1-4H3,(H,14,15)(H,16,17). The van der Waals surface area contributed by atoms with E-state index in [-0.39, 0.29) is 17.4 Å². The predicted octanol–water partition coefficient (Wildman–Crippen LogP) is 2.50. The van der Waals surface area contributed by atoms with Crippen molar-refractivity contribution in [2.45, 2.75) is 65.4 Å². The second kappa shape index (κ2) is 8.08. The summed E-state index contributed by atoms with van der Waals surface area (Å²) in [6, 6.07) is 0. The van der Waals surface area contributed by atoms with Crippen LogP contribution in [0, 0.1) is 5.92 Å². The van der Waals surface area contributed by atoms with Gasteiger partial charge in [0.05, 0.1) is 11.5 Å². The van der Waals surface area contributed by atoms with E-state index in [1.54, 1.807) is 6.92 Å². The summed E-state index contributed by atoms with van der Waals surface area (Å²) in [4.78, 5) is 27.1. The third-order valence-electron chi connectivity index (χ3n) is 2.43. The highest BCUT2D eigenvalue weighted by atomic mass is 16.7. The van der Waals surface area contributed by atoms with Crippen LogP contribution in [-0.4, -0.2) is 22.6 Å². The Morgan fingerprint density at radius 2 is 1.83 bits per heavy atom. The Balaban J connectivity index is 3.49. The number of hydrogen-bond acceptors (Lipinski definition) is 3. The molecule has 0 aliphatic heterocycles. The van der Waals surface area contributed by atoms with E-state index < -0.39 is 5.97 Å². The zero-order valence-corrected chi connectivity index (χ0v) is 11.8. The molecular formula is C13H25NO4. The molecule has 0 radical (unpaired) electrons. The molecule has 1 atom stereocenters. The number of carbonyl (C=O) groups is 2. The lowest BCUT2D eigenvalue weighted by molar-refractivity contribution is -0.145. The number of carbonyl (C=O) groups excluding carboxylic acids is 1. The fraction of sp³-hybridized carbons (Fsp3) is 0.846. The van der Waals surface area contributed by atoms with Gasteiger partial charge in [-0.1, -0.05) is 19.8 Å². The van der Waals surface area contributed by atoms with Crippen LogP contribution in [0.3, 0.4) is 0 Å². The van der Waals surface area contributed by atoms with E-state index >= 15 is 0 Å². The van der Waals surface area contributed by atoms with Crippen LogP contribution in [0.5, 0.6) is 0 Å². The fourth-order valence-corrected chi connectivity index (χ4v) is 1.30. The van der Waals surface area contributed by atoms with Gasteiger partial charge in [-0.25, -0.2) is 5.48 Å². The molecule has 0 fully saturated rings. The van der Waals surface area contributed by atoms with E-state index in [0.717, 1.165) is 19.3 Å². The first-order chi connectivity index (χ1) is 8.22. The van der Waals surface area contributed by atoms with Crippen LogP contribution in [0.25, 0.3) is 0 Å². The van der Waals surface area contributed by atoms with Crippen molar-refractivity contribution in [3.8, 4) is 0 Å². The summed E-state index contributed by atoms with van der Waals surface area (Å²) in [5.41, 5.74) is 2.03. The second-order valence-electron chi connectivity index (χ2n) is 5.58. The summed E-state index contributed by atoms with van der Waals surface area (Å²) in [6.45, 7) is 7.29. The number of nitrogens with one attached hydrogen (secondary N) is 1. The maximum atomic E-state index is 11.4. The molecule has 0 saturated heterocycles. The lowest BCUT2D eigenvalue weighted by Gasteiger charge is -2.18. The number of hydroxylamine groups is 1. The molecule has 5 heteroatoms. The van der Waals surface area contributed by atoms with E-state index in [4.69, 9.17) is 9.94 Å². The first kappa shape index (κ1) is 16.9. The van der Waals surface area contributed by atoms with E-state index in [2.05, 4.69) is 5.48 Å². The summed E-state index contributed by atoms with van der Waals surface area (Å²) < 4.78 is 0. The van der Waals surface area contributed by atoms with Gasteiger partial charge in [0.15, 0.2) is 0 Å². The molecule has 0 spiro atoms. The SMILES string of the molecule is CC(CCCCCC(=O)NOC(C)(C)C)C(=O)O. The molecule has 0 aromatic carbocycles. The molecule has 2 N–H and O–H groups in total. The highest BCUT2D eigenvalue weighted by molar-refractivity contribution is 5.74. The number of amides is 1. The second-order valence-corrected chi connectivity index (χ2v) is 5.58. The van der Waals surface area contributed by atoms with Gasteiger partial charge in [-0.2, -0.15) is 0 Å². The fourth-order valence-electron chi connectivity index (χ4n) is 1.30. The third-order valence-corrected chi connectivity index (χ3v) is 2.43. The Kier molecular flexibility index (Phi) is 7.59. The van der Waals surface area contributed by atoms with Gasteiger partial charge in [-0.05, 0) is 33.6 Å². The first-order valence-corrected chi connectivity index (χ1v) is 6.42. The number of carboxylic acids is 1. The number of hydrogen-bond donors (Lipinski definition) is 2. The molecule has 0 aromatic rings. The average molecular weight is 259 g/mol. The van der Waals surface area contributed by atoms with E-state index in [9.17, 15) is 9.59 Å². The minimum absolute atomic E-state index is 0.129. The smallest absolute Gasteiger partial charge is 0.306 e. The molecule has 1 amide bonds. The molecule has 0 bridgehead atoms. The topological polar surface area (TPSA) is 75.6 Å². The van der Waals surface area contributed by atoms with Crippen LogP contribution in [0.2, 0.25) is 0 Å². The van der Waals surface area contributed by atoms with Gasteiger partial charge in [-0.15, -0.1) is 0 Å². The first-order valence-electron chi connectivity index (χ1n) is 6.42. The van der Waals surface area contributed by atoms with Gasteiger partial charge in [0.25, 0.3) is 0 Å². The summed E-state index contributed by atoms with van der Waals surface area (Å²) in [6.07, 6.45) is 3.53. The summed E-state index contributed by atoms with van der Waals surface area (Å²) in [5.74, 6) is -1.19. The van der Waals surface area contributed by atoms with E-state index in [1.165, 1.54) is 0 Å². The summed E-state index contributed by atoms with van der Waals surface area (Å²) in [7, 11) is 0. The van der Waals surface area contributed by atoms with Crippen LogP contribution in [-0.2, 0) is 14.4 Å². The molecule has 0 aliphatic carbocycles. The molecule has 0 saturated carbocycles. The molecule has 0 heterocycles. The Bertz CT molecular complexity index is 271. The molecule has 0 aromatic heterocycles. The van der Waals surface area contributed by atoms with Gasteiger partial charge in [0.2, 0.25) is 5.91 Å². The van der Waals surface area contributed by atoms with Gasteiger partial charge < -0.3 is 5.11 Å². The van der Waals surface area contributed by atoms with Crippen LogP contribution in [0.4, 0.5) is 0 Å². The van der Waals surface area contributed by atoms with Gasteiger partial charge >= 0.3 is 5.97 Å².